The minimum Gasteiger partial charge on any atom is -0.465 e. The Balaban J connectivity index is 1.74. The van der Waals surface area contributed by atoms with Crippen molar-refractivity contribution in [3.05, 3.63) is 12.2 Å². The second kappa shape index (κ2) is 15.1. The topological polar surface area (TPSA) is 139 Å². The van der Waals surface area contributed by atoms with E-state index in [0.29, 0.717) is 39.0 Å². The lowest BCUT2D eigenvalue weighted by Gasteiger charge is -2.31. The van der Waals surface area contributed by atoms with E-state index >= 15 is 0 Å². The van der Waals surface area contributed by atoms with Crippen LogP contribution in [0.2, 0.25) is 0 Å². The third kappa shape index (κ3) is 10.8. The van der Waals surface area contributed by atoms with Gasteiger partial charge >= 0.3 is 5.97 Å². The predicted molar refractivity (Wildman–Crippen MR) is 150 cm³/mol. The largest absolute Gasteiger partial charge is 0.465 e. The molecule has 224 valence electrons. The van der Waals surface area contributed by atoms with Gasteiger partial charge in [-0.25, -0.2) is 0 Å². The SMILES string of the molecule is CC(C)[C@H](NC(=O)C1CCC(CN2C(=O)C=CC2=O)CC1)C(=O)C[C@@H](C)C(=O)NCCCC(=O)OCC(C)(C)C. The van der Waals surface area contributed by atoms with Crippen LogP contribution in [0.15, 0.2) is 12.2 Å². The number of carbonyl (C=O) groups is 6. The zero-order valence-electron chi connectivity index (χ0n) is 24.9. The van der Waals surface area contributed by atoms with Crippen LogP contribution in [-0.4, -0.2) is 66.0 Å². The molecule has 1 aliphatic heterocycles. The minimum absolute atomic E-state index is 0.00124. The standard InChI is InChI=1S/C30H47N3O7/c1-19(2)27(23(34)16-20(3)28(38)31-15-7-8-26(37)40-18-30(4,5)6)32-29(39)22-11-9-21(10-12-22)17-33-24(35)13-14-25(33)36/h13-14,19-22,27H,7-12,15-18H2,1-6H3,(H,31,38)(H,32,39)/t20-,21?,22?,27+/m1/s1. The number of nitrogens with zero attached hydrogens (tertiary/aromatic N) is 1. The summed E-state index contributed by atoms with van der Waals surface area (Å²) in [7, 11) is 0. The molecule has 40 heavy (non-hydrogen) atoms. The molecule has 0 saturated heterocycles. The van der Waals surface area contributed by atoms with E-state index in [1.165, 1.54) is 17.1 Å². The van der Waals surface area contributed by atoms with Gasteiger partial charge in [-0.1, -0.05) is 41.5 Å². The van der Waals surface area contributed by atoms with E-state index in [-0.39, 0.29) is 71.4 Å². The van der Waals surface area contributed by atoms with Gasteiger partial charge in [0, 0.05) is 49.9 Å². The van der Waals surface area contributed by atoms with E-state index < -0.39 is 12.0 Å². The van der Waals surface area contributed by atoms with E-state index in [2.05, 4.69) is 10.6 Å². The van der Waals surface area contributed by atoms with E-state index in [9.17, 15) is 28.8 Å². The zero-order valence-corrected chi connectivity index (χ0v) is 24.9. The van der Waals surface area contributed by atoms with Crippen LogP contribution in [-0.2, 0) is 33.5 Å². The molecule has 2 atom stereocenters. The Hall–Kier alpha value is -3.04. The summed E-state index contributed by atoms with van der Waals surface area (Å²) in [6, 6.07) is -0.691. The smallest absolute Gasteiger partial charge is 0.305 e. The fourth-order valence-corrected chi connectivity index (χ4v) is 4.88. The third-order valence-corrected chi connectivity index (χ3v) is 7.35. The first-order valence-corrected chi connectivity index (χ1v) is 14.5. The highest BCUT2D eigenvalue weighted by atomic mass is 16.5. The van der Waals surface area contributed by atoms with Crippen molar-refractivity contribution in [1.82, 2.24) is 15.5 Å². The maximum Gasteiger partial charge on any atom is 0.305 e. The van der Waals surface area contributed by atoms with Crippen molar-refractivity contribution >= 4 is 35.4 Å². The third-order valence-electron chi connectivity index (χ3n) is 7.35. The van der Waals surface area contributed by atoms with E-state index in [4.69, 9.17) is 4.74 Å². The van der Waals surface area contributed by atoms with Gasteiger partial charge in [0.25, 0.3) is 11.8 Å². The molecule has 1 aliphatic carbocycles. The molecular weight excluding hydrogens is 514 g/mol. The van der Waals surface area contributed by atoms with Crippen LogP contribution in [0.25, 0.3) is 0 Å². The van der Waals surface area contributed by atoms with E-state index in [1.54, 1.807) is 6.92 Å². The van der Waals surface area contributed by atoms with Crippen LogP contribution in [0.4, 0.5) is 0 Å². The number of hydrogen-bond donors (Lipinski definition) is 2. The monoisotopic (exact) mass is 561 g/mol. The van der Waals surface area contributed by atoms with Crippen LogP contribution in [0, 0.1) is 29.1 Å². The second-order valence-corrected chi connectivity index (χ2v) is 12.8. The van der Waals surface area contributed by atoms with Gasteiger partial charge in [-0.3, -0.25) is 33.7 Å². The number of esters is 1. The molecule has 0 bridgehead atoms. The molecule has 1 heterocycles. The fraction of sp³-hybridized carbons (Fsp3) is 0.733. The van der Waals surface area contributed by atoms with Gasteiger partial charge < -0.3 is 15.4 Å². The number of hydrogen-bond acceptors (Lipinski definition) is 7. The van der Waals surface area contributed by atoms with Gasteiger partial charge in [0.05, 0.1) is 12.6 Å². The van der Waals surface area contributed by atoms with Crippen LogP contribution in [0.1, 0.15) is 86.5 Å². The van der Waals surface area contributed by atoms with Crippen molar-refractivity contribution in [1.29, 1.82) is 0 Å². The van der Waals surface area contributed by atoms with Crippen molar-refractivity contribution in [2.24, 2.45) is 29.1 Å². The van der Waals surface area contributed by atoms with Crippen molar-refractivity contribution < 1.29 is 33.5 Å². The number of carbonyl (C=O) groups excluding carboxylic acids is 6. The summed E-state index contributed by atoms with van der Waals surface area (Å²) < 4.78 is 5.22. The Kier molecular flexibility index (Phi) is 12.5. The lowest BCUT2D eigenvalue weighted by atomic mass is 9.81. The van der Waals surface area contributed by atoms with Gasteiger partial charge in [0.2, 0.25) is 11.8 Å². The van der Waals surface area contributed by atoms with Gasteiger partial charge in [-0.15, -0.1) is 0 Å². The average molecular weight is 562 g/mol. The average Bonchev–Trinajstić information content (AvgIpc) is 3.20. The second-order valence-electron chi connectivity index (χ2n) is 12.8. The molecule has 0 unspecified atom stereocenters. The number of Topliss-reactive ketones (excluding diaryl/α,β-unsaturated/α-hetero) is 1. The number of imide groups is 1. The van der Waals surface area contributed by atoms with Crippen LogP contribution in [0.3, 0.4) is 0 Å². The Bertz CT molecular complexity index is 956. The molecular formula is C30H47N3O7. The van der Waals surface area contributed by atoms with Crippen molar-refractivity contribution in [2.45, 2.75) is 92.5 Å². The number of rotatable bonds is 14. The summed E-state index contributed by atoms with van der Waals surface area (Å²) in [6.45, 7) is 12.4. The lowest BCUT2D eigenvalue weighted by molar-refractivity contribution is -0.146. The maximum atomic E-state index is 13.1. The van der Waals surface area contributed by atoms with Gasteiger partial charge in [-0.05, 0) is 49.4 Å². The first-order valence-electron chi connectivity index (χ1n) is 14.5. The van der Waals surface area contributed by atoms with Crippen LogP contribution >= 0.6 is 0 Å². The minimum atomic E-state index is -0.691. The maximum absolute atomic E-state index is 13.1. The molecule has 0 aromatic rings. The number of ether oxygens (including phenoxy) is 1. The Morgan fingerprint density at radius 1 is 1.00 bits per heavy atom. The molecule has 0 aromatic heterocycles. The molecule has 2 rings (SSSR count). The highest BCUT2D eigenvalue weighted by Gasteiger charge is 2.34. The molecule has 2 aliphatic rings. The van der Waals surface area contributed by atoms with Crippen LogP contribution in [0.5, 0.6) is 0 Å². The van der Waals surface area contributed by atoms with Gasteiger partial charge in [0.1, 0.15) is 0 Å². The summed E-state index contributed by atoms with van der Waals surface area (Å²) in [5.74, 6) is -2.29. The summed E-state index contributed by atoms with van der Waals surface area (Å²) >= 11 is 0. The summed E-state index contributed by atoms with van der Waals surface area (Å²) in [5.41, 5.74) is -0.102. The van der Waals surface area contributed by atoms with E-state index in [0.717, 1.165) is 12.8 Å². The first-order chi connectivity index (χ1) is 18.7. The number of ketones is 1. The molecule has 1 saturated carbocycles. The normalized spacial score (nSPS) is 20.8. The molecule has 10 nitrogen and oxygen atoms in total. The van der Waals surface area contributed by atoms with Crippen molar-refractivity contribution in [3.63, 3.8) is 0 Å². The van der Waals surface area contributed by atoms with Crippen LogP contribution < -0.4 is 10.6 Å². The Labute approximate surface area is 238 Å². The van der Waals surface area contributed by atoms with Gasteiger partial charge in [0.15, 0.2) is 5.78 Å². The van der Waals surface area contributed by atoms with Crippen molar-refractivity contribution in [2.75, 3.05) is 19.7 Å². The molecule has 0 aromatic carbocycles. The Morgan fingerprint density at radius 2 is 1.60 bits per heavy atom. The predicted octanol–water partition coefficient (Wildman–Crippen LogP) is 2.94. The van der Waals surface area contributed by atoms with Crippen molar-refractivity contribution in [3.8, 4) is 0 Å². The van der Waals surface area contributed by atoms with E-state index in [1.807, 2.05) is 34.6 Å². The molecule has 10 heteroatoms. The summed E-state index contributed by atoms with van der Waals surface area (Å²) in [5, 5.41) is 5.69. The Morgan fingerprint density at radius 3 is 2.15 bits per heavy atom. The molecule has 2 N–H and O–H groups in total. The quantitative estimate of drug-likeness (QED) is 0.189. The lowest BCUT2D eigenvalue weighted by Crippen LogP contribution is -2.48. The molecule has 0 spiro atoms. The first kappa shape index (κ1) is 33.2. The highest BCUT2D eigenvalue weighted by Crippen LogP contribution is 2.30. The zero-order chi connectivity index (χ0) is 30.0. The number of amides is 4. The summed E-state index contributed by atoms with van der Waals surface area (Å²) in [6.07, 6.45) is 5.92. The molecule has 0 radical (unpaired) electrons. The fourth-order valence-electron chi connectivity index (χ4n) is 4.88. The highest BCUT2D eigenvalue weighted by molar-refractivity contribution is 6.12. The number of nitrogens with one attached hydrogen (secondary N) is 2. The molecule has 4 amide bonds. The molecule has 1 fully saturated rings. The van der Waals surface area contributed by atoms with Gasteiger partial charge in [-0.2, -0.15) is 0 Å². The summed E-state index contributed by atoms with van der Waals surface area (Å²) in [4.78, 5) is 75.3.